The van der Waals surface area contributed by atoms with Crippen LogP contribution in [-0.4, -0.2) is 16.9 Å². The number of nitrogens with zero attached hydrogens (tertiary/aromatic N) is 2. The van der Waals surface area contributed by atoms with Gasteiger partial charge in [-0.2, -0.15) is 5.10 Å². The van der Waals surface area contributed by atoms with Gasteiger partial charge >= 0.3 is 0 Å². The predicted octanol–water partition coefficient (Wildman–Crippen LogP) is 3.03. The molecular weight excluding hydrogens is 278 g/mol. The van der Waals surface area contributed by atoms with Crippen molar-refractivity contribution in [2.24, 2.45) is 0 Å². The highest BCUT2D eigenvalue weighted by atomic mass is 35.5. The number of methoxy groups -OCH3 is 1. The molecule has 0 saturated carbocycles. The molecule has 0 unspecified atom stereocenters. The van der Waals surface area contributed by atoms with Crippen LogP contribution in [0.2, 0.25) is 5.02 Å². The van der Waals surface area contributed by atoms with E-state index in [2.05, 4.69) is 5.10 Å². The molecule has 1 aromatic carbocycles. The van der Waals surface area contributed by atoms with Crippen LogP contribution < -0.4 is 15.2 Å². The molecule has 1 aromatic heterocycles. The number of halogens is 1. The van der Waals surface area contributed by atoms with Crippen molar-refractivity contribution in [3.8, 4) is 11.5 Å². The van der Waals surface area contributed by atoms with E-state index in [1.807, 2.05) is 18.5 Å². The molecule has 0 fully saturated rings. The summed E-state index contributed by atoms with van der Waals surface area (Å²) in [5.41, 5.74) is 8.09. The largest absolute Gasteiger partial charge is 0.497 e. The highest BCUT2D eigenvalue weighted by molar-refractivity contribution is 6.31. The fourth-order valence-corrected chi connectivity index (χ4v) is 2.13. The van der Waals surface area contributed by atoms with Gasteiger partial charge in [0.25, 0.3) is 0 Å². The zero-order valence-corrected chi connectivity index (χ0v) is 12.6. The maximum Gasteiger partial charge on any atom is 0.143 e. The lowest BCUT2D eigenvalue weighted by Gasteiger charge is -2.11. The van der Waals surface area contributed by atoms with Crippen molar-refractivity contribution < 1.29 is 9.47 Å². The van der Waals surface area contributed by atoms with Crippen LogP contribution in [0.5, 0.6) is 11.5 Å². The van der Waals surface area contributed by atoms with Gasteiger partial charge in [-0.25, -0.2) is 0 Å². The molecule has 2 N–H and O–H groups in total. The standard InChI is InChI=1S/C14H18ClN3O2/c1-4-18-12(14(15)9(2)17-18)8-20-13-6-5-10(19-3)7-11(13)16/h5-7H,4,8,16H2,1-3H3. The molecule has 0 amide bonds. The van der Waals surface area contributed by atoms with Crippen molar-refractivity contribution in [2.75, 3.05) is 12.8 Å². The lowest BCUT2D eigenvalue weighted by Crippen LogP contribution is -2.07. The number of nitrogen functional groups attached to an aromatic ring is 1. The van der Waals surface area contributed by atoms with E-state index in [0.717, 1.165) is 17.9 Å². The molecule has 2 rings (SSSR count). The Morgan fingerprint density at radius 3 is 2.75 bits per heavy atom. The van der Waals surface area contributed by atoms with Gasteiger partial charge in [-0.05, 0) is 26.0 Å². The van der Waals surface area contributed by atoms with Crippen molar-refractivity contribution in [3.63, 3.8) is 0 Å². The van der Waals surface area contributed by atoms with Crippen LogP contribution >= 0.6 is 11.6 Å². The lowest BCUT2D eigenvalue weighted by molar-refractivity contribution is 0.293. The number of benzene rings is 1. The van der Waals surface area contributed by atoms with Crippen LogP contribution in [0, 0.1) is 6.92 Å². The quantitative estimate of drug-likeness (QED) is 0.861. The van der Waals surface area contributed by atoms with Gasteiger partial charge in [-0.15, -0.1) is 0 Å². The van der Waals surface area contributed by atoms with Crippen LogP contribution in [0.25, 0.3) is 0 Å². The van der Waals surface area contributed by atoms with Gasteiger partial charge in [0.1, 0.15) is 18.1 Å². The Labute approximate surface area is 123 Å². The minimum Gasteiger partial charge on any atom is -0.497 e. The second kappa shape index (κ2) is 6.05. The molecule has 0 spiro atoms. The SMILES string of the molecule is CCn1nc(C)c(Cl)c1COc1ccc(OC)cc1N. The number of nitrogens with two attached hydrogens (primary N) is 1. The van der Waals surface area contributed by atoms with E-state index in [-0.39, 0.29) is 0 Å². The van der Waals surface area contributed by atoms with Gasteiger partial charge in [0.05, 0.1) is 29.2 Å². The minimum absolute atomic E-state index is 0.323. The van der Waals surface area contributed by atoms with E-state index in [1.165, 1.54) is 0 Å². The number of hydrogen-bond donors (Lipinski definition) is 1. The van der Waals surface area contributed by atoms with Crippen LogP contribution in [0.3, 0.4) is 0 Å². The van der Waals surface area contributed by atoms with Gasteiger partial charge < -0.3 is 15.2 Å². The molecule has 0 saturated heterocycles. The Hall–Kier alpha value is -1.88. The molecule has 0 bridgehead atoms. The third kappa shape index (κ3) is 2.82. The highest BCUT2D eigenvalue weighted by Gasteiger charge is 2.13. The molecule has 2 aromatic rings. The first-order valence-electron chi connectivity index (χ1n) is 6.34. The molecular formula is C14H18ClN3O2. The van der Waals surface area contributed by atoms with Gasteiger partial charge in [-0.3, -0.25) is 4.68 Å². The molecule has 0 aliphatic carbocycles. The molecule has 0 atom stereocenters. The first-order chi connectivity index (χ1) is 9.56. The van der Waals surface area contributed by atoms with Crippen molar-refractivity contribution in [1.29, 1.82) is 0 Å². The Morgan fingerprint density at radius 1 is 1.40 bits per heavy atom. The summed E-state index contributed by atoms with van der Waals surface area (Å²) in [5.74, 6) is 1.30. The summed E-state index contributed by atoms with van der Waals surface area (Å²) in [7, 11) is 1.59. The van der Waals surface area contributed by atoms with Crippen molar-refractivity contribution in [2.45, 2.75) is 27.0 Å². The van der Waals surface area contributed by atoms with Crippen LogP contribution in [0.15, 0.2) is 18.2 Å². The average Bonchev–Trinajstić information content (AvgIpc) is 2.73. The Kier molecular flexibility index (Phi) is 4.39. The second-order valence-corrected chi connectivity index (χ2v) is 4.73. The first kappa shape index (κ1) is 14.5. The van der Waals surface area contributed by atoms with Gasteiger partial charge in [-0.1, -0.05) is 11.6 Å². The number of aryl methyl sites for hydroxylation is 2. The van der Waals surface area contributed by atoms with Gasteiger partial charge in [0.2, 0.25) is 0 Å². The third-order valence-electron chi connectivity index (χ3n) is 3.03. The van der Waals surface area contributed by atoms with Crippen LogP contribution in [0.1, 0.15) is 18.3 Å². The van der Waals surface area contributed by atoms with Crippen LogP contribution in [0.4, 0.5) is 5.69 Å². The number of rotatable bonds is 5. The van der Waals surface area contributed by atoms with Crippen molar-refractivity contribution in [1.82, 2.24) is 9.78 Å². The molecule has 0 aliphatic rings. The second-order valence-electron chi connectivity index (χ2n) is 4.35. The number of aromatic nitrogens is 2. The summed E-state index contributed by atoms with van der Waals surface area (Å²) in [6.07, 6.45) is 0. The zero-order chi connectivity index (χ0) is 14.7. The lowest BCUT2D eigenvalue weighted by atomic mass is 10.3. The summed E-state index contributed by atoms with van der Waals surface area (Å²) in [6, 6.07) is 5.30. The molecule has 20 heavy (non-hydrogen) atoms. The van der Waals surface area contributed by atoms with E-state index in [9.17, 15) is 0 Å². The van der Waals surface area contributed by atoms with Crippen LogP contribution in [-0.2, 0) is 13.2 Å². The Bertz CT molecular complexity index is 611. The summed E-state index contributed by atoms with van der Waals surface area (Å²) in [5, 5.41) is 4.98. The number of anilines is 1. The van der Waals surface area contributed by atoms with E-state index in [1.54, 1.807) is 25.3 Å². The number of ether oxygens (including phenoxy) is 2. The third-order valence-corrected chi connectivity index (χ3v) is 3.53. The van der Waals surface area contributed by atoms with E-state index >= 15 is 0 Å². The summed E-state index contributed by atoms with van der Waals surface area (Å²) < 4.78 is 12.7. The van der Waals surface area contributed by atoms with Gasteiger partial charge in [0.15, 0.2) is 0 Å². The van der Waals surface area contributed by atoms with Crippen molar-refractivity contribution in [3.05, 3.63) is 34.6 Å². The predicted molar refractivity (Wildman–Crippen MR) is 79.4 cm³/mol. The fourth-order valence-electron chi connectivity index (χ4n) is 1.94. The maximum absolute atomic E-state index is 6.23. The Balaban J connectivity index is 2.17. The minimum atomic E-state index is 0.323. The monoisotopic (exact) mass is 295 g/mol. The molecule has 5 nitrogen and oxygen atoms in total. The first-order valence-corrected chi connectivity index (χ1v) is 6.72. The summed E-state index contributed by atoms with van der Waals surface area (Å²) in [6.45, 7) is 4.95. The molecule has 0 radical (unpaired) electrons. The van der Waals surface area contributed by atoms with E-state index in [4.69, 9.17) is 26.8 Å². The summed E-state index contributed by atoms with van der Waals surface area (Å²) >= 11 is 6.23. The normalized spacial score (nSPS) is 10.6. The summed E-state index contributed by atoms with van der Waals surface area (Å²) in [4.78, 5) is 0. The average molecular weight is 296 g/mol. The number of hydrogen-bond acceptors (Lipinski definition) is 4. The zero-order valence-electron chi connectivity index (χ0n) is 11.8. The Morgan fingerprint density at radius 2 is 2.15 bits per heavy atom. The molecule has 6 heteroatoms. The van der Waals surface area contributed by atoms with Crippen molar-refractivity contribution >= 4 is 17.3 Å². The van der Waals surface area contributed by atoms with E-state index in [0.29, 0.717) is 28.8 Å². The maximum atomic E-state index is 6.23. The van der Waals surface area contributed by atoms with E-state index < -0.39 is 0 Å². The van der Waals surface area contributed by atoms with Gasteiger partial charge in [0, 0.05) is 12.6 Å². The highest BCUT2D eigenvalue weighted by Crippen LogP contribution is 2.28. The molecule has 1 heterocycles. The molecule has 108 valence electrons. The molecule has 0 aliphatic heterocycles. The fraction of sp³-hybridized carbons (Fsp3) is 0.357. The topological polar surface area (TPSA) is 62.3 Å². The smallest absolute Gasteiger partial charge is 0.143 e.